The van der Waals surface area contributed by atoms with Crippen LogP contribution in [-0.4, -0.2) is 45.8 Å². The summed E-state index contributed by atoms with van der Waals surface area (Å²) in [5, 5.41) is 4.31. The highest BCUT2D eigenvalue weighted by atomic mass is 15.3. The fourth-order valence-electron chi connectivity index (χ4n) is 2.73. The maximum Gasteiger partial charge on any atom is 0.151 e. The minimum atomic E-state index is 0.758. The number of hydrogen-bond acceptors (Lipinski definition) is 5. The second-order valence-electron chi connectivity index (χ2n) is 5.56. The van der Waals surface area contributed by atoms with E-state index >= 15 is 0 Å². The van der Waals surface area contributed by atoms with Gasteiger partial charge < -0.3 is 10.6 Å². The summed E-state index contributed by atoms with van der Waals surface area (Å²) in [7, 11) is 1.99. The molecule has 1 aliphatic rings. The van der Waals surface area contributed by atoms with Crippen molar-refractivity contribution in [3.63, 3.8) is 0 Å². The van der Waals surface area contributed by atoms with Crippen LogP contribution in [0.5, 0.6) is 0 Å². The van der Waals surface area contributed by atoms with Gasteiger partial charge in [0.25, 0.3) is 0 Å². The first-order valence-corrected chi connectivity index (χ1v) is 7.30. The van der Waals surface area contributed by atoms with Crippen molar-refractivity contribution in [2.75, 3.05) is 36.8 Å². The Kier molecular flexibility index (Phi) is 3.79. The van der Waals surface area contributed by atoms with Crippen molar-refractivity contribution in [1.29, 1.82) is 0 Å². The number of piperazine rings is 1. The Labute approximate surface area is 125 Å². The molecule has 0 atom stereocenters. The van der Waals surface area contributed by atoms with Crippen LogP contribution in [-0.2, 0) is 13.6 Å². The van der Waals surface area contributed by atoms with Gasteiger partial charge >= 0.3 is 0 Å². The highest BCUT2D eigenvalue weighted by molar-refractivity contribution is 5.62. The number of rotatable bonds is 3. The number of nitrogens with two attached hydrogens (primary N) is 1. The quantitative estimate of drug-likeness (QED) is 0.913. The van der Waals surface area contributed by atoms with Crippen LogP contribution in [0.3, 0.4) is 0 Å². The molecule has 6 nitrogen and oxygen atoms in total. The van der Waals surface area contributed by atoms with Crippen molar-refractivity contribution in [2.24, 2.45) is 7.05 Å². The number of aryl methyl sites for hydroxylation is 1. The van der Waals surface area contributed by atoms with E-state index < -0.39 is 0 Å². The summed E-state index contributed by atoms with van der Waals surface area (Å²) in [6.45, 7) is 7.04. The molecule has 3 heterocycles. The molecule has 2 aromatic rings. The van der Waals surface area contributed by atoms with Crippen LogP contribution in [0.25, 0.3) is 0 Å². The van der Waals surface area contributed by atoms with Crippen LogP contribution in [0, 0.1) is 6.92 Å². The lowest BCUT2D eigenvalue weighted by molar-refractivity contribution is 0.249. The molecule has 3 rings (SSSR count). The minimum absolute atomic E-state index is 0.758. The van der Waals surface area contributed by atoms with Gasteiger partial charge in [0, 0.05) is 57.2 Å². The van der Waals surface area contributed by atoms with E-state index in [9.17, 15) is 0 Å². The molecule has 2 aromatic heterocycles. The molecule has 0 saturated carbocycles. The van der Waals surface area contributed by atoms with E-state index in [4.69, 9.17) is 5.73 Å². The van der Waals surface area contributed by atoms with E-state index in [0.717, 1.165) is 44.2 Å². The summed E-state index contributed by atoms with van der Waals surface area (Å²) in [5.74, 6) is 0.912. The molecule has 21 heavy (non-hydrogen) atoms. The highest BCUT2D eigenvalue weighted by Gasteiger charge is 2.20. The second kappa shape index (κ2) is 5.73. The Hall–Kier alpha value is -2.08. The lowest BCUT2D eigenvalue weighted by atomic mass is 10.2. The Morgan fingerprint density at radius 1 is 1.24 bits per heavy atom. The molecule has 0 unspecified atom stereocenters. The Morgan fingerprint density at radius 2 is 2.00 bits per heavy atom. The van der Waals surface area contributed by atoms with Crippen LogP contribution in [0.4, 0.5) is 11.5 Å². The predicted molar refractivity (Wildman–Crippen MR) is 84.1 cm³/mol. The van der Waals surface area contributed by atoms with Gasteiger partial charge in [0.2, 0.25) is 0 Å². The minimum Gasteiger partial charge on any atom is -0.396 e. The summed E-state index contributed by atoms with van der Waals surface area (Å²) in [6.07, 6.45) is 3.77. The zero-order chi connectivity index (χ0) is 14.8. The second-order valence-corrected chi connectivity index (χ2v) is 5.56. The van der Waals surface area contributed by atoms with Gasteiger partial charge in [-0.2, -0.15) is 5.10 Å². The van der Waals surface area contributed by atoms with Gasteiger partial charge in [-0.05, 0) is 19.1 Å². The fraction of sp³-hybridized carbons (Fsp3) is 0.467. The maximum atomic E-state index is 6.00. The first-order valence-electron chi connectivity index (χ1n) is 7.30. The third-order valence-corrected chi connectivity index (χ3v) is 4.22. The first-order chi connectivity index (χ1) is 10.1. The van der Waals surface area contributed by atoms with Gasteiger partial charge in [-0.25, -0.2) is 4.98 Å². The summed E-state index contributed by atoms with van der Waals surface area (Å²) in [4.78, 5) is 9.12. The molecule has 1 fully saturated rings. The molecule has 2 N–H and O–H groups in total. The van der Waals surface area contributed by atoms with Crippen LogP contribution < -0.4 is 10.6 Å². The van der Waals surface area contributed by atoms with Gasteiger partial charge in [0.1, 0.15) is 0 Å². The zero-order valence-electron chi connectivity index (χ0n) is 12.7. The highest BCUT2D eigenvalue weighted by Crippen LogP contribution is 2.21. The number of nitrogens with zero attached hydrogens (tertiary/aromatic N) is 5. The summed E-state index contributed by atoms with van der Waals surface area (Å²) in [5.41, 5.74) is 9.31. The zero-order valence-corrected chi connectivity index (χ0v) is 12.7. The van der Waals surface area contributed by atoms with E-state index in [0.29, 0.717) is 0 Å². The molecule has 0 amide bonds. The SMILES string of the molecule is Cc1c(CN2CCN(c3ncccc3N)CC2)cnn1C. The van der Waals surface area contributed by atoms with Gasteiger partial charge in [0.05, 0.1) is 11.9 Å². The van der Waals surface area contributed by atoms with Crippen molar-refractivity contribution in [3.8, 4) is 0 Å². The predicted octanol–water partition coefficient (Wildman–Crippen LogP) is 1.03. The van der Waals surface area contributed by atoms with Crippen molar-refractivity contribution in [3.05, 3.63) is 35.8 Å². The normalized spacial score (nSPS) is 16.4. The molecule has 0 aromatic carbocycles. The van der Waals surface area contributed by atoms with E-state index in [1.807, 2.05) is 30.1 Å². The van der Waals surface area contributed by atoms with Crippen LogP contribution in [0.15, 0.2) is 24.5 Å². The van der Waals surface area contributed by atoms with E-state index in [-0.39, 0.29) is 0 Å². The van der Waals surface area contributed by atoms with Gasteiger partial charge in [0.15, 0.2) is 5.82 Å². The molecule has 0 spiro atoms. The molecular weight excluding hydrogens is 264 g/mol. The molecule has 0 aliphatic carbocycles. The van der Waals surface area contributed by atoms with Crippen LogP contribution in [0.2, 0.25) is 0 Å². The summed E-state index contributed by atoms with van der Waals surface area (Å²) < 4.78 is 1.93. The van der Waals surface area contributed by atoms with Crippen molar-refractivity contribution < 1.29 is 0 Å². The molecule has 1 aliphatic heterocycles. The van der Waals surface area contributed by atoms with Crippen molar-refractivity contribution >= 4 is 11.5 Å². The molecular formula is C15H22N6. The van der Waals surface area contributed by atoms with E-state index in [1.165, 1.54) is 11.3 Å². The van der Waals surface area contributed by atoms with E-state index in [2.05, 4.69) is 26.8 Å². The smallest absolute Gasteiger partial charge is 0.151 e. The summed E-state index contributed by atoms with van der Waals surface area (Å²) >= 11 is 0. The first kappa shape index (κ1) is 13.9. The van der Waals surface area contributed by atoms with Gasteiger partial charge in [-0.15, -0.1) is 0 Å². The largest absolute Gasteiger partial charge is 0.396 e. The molecule has 0 bridgehead atoms. The fourth-order valence-corrected chi connectivity index (χ4v) is 2.73. The van der Waals surface area contributed by atoms with Crippen molar-refractivity contribution in [2.45, 2.75) is 13.5 Å². The number of aromatic nitrogens is 3. The average molecular weight is 286 g/mol. The molecule has 112 valence electrons. The molecule has 1 saturated heterocycles. The number of anilines is 2. The van der Waals surface area contributed by atoms with Crippen molar-refractivity contribution in [1.82, 2.24) is 19.7 Å². The Balaban J connectivity index is 1.61. The topological polar surface area (TPSA) is 63.2 Å². The van der Waals surface area contributed by atoms with Gasteiger partial charge in [-0.1, -0.05) is 0 Å². The molecule has 6 heteroatoms. The number of hydrogen-bond donors (Lipinski definition) is 1. The summed E-state index contributed by atoms with van der Waals surface area (Å²) in [6, 6.07) is 3.79. The number of nitrogen functional groups attached to an aromatic ring is 1. The third kappa shape index (κ3) is 2.85. The van der Waals surface area contributed by atoms with Crippen LogP contribution in [0.1, 0.15) is 11.3 Å². The van der Waals surface area contributed by atoms with E-state index in [1.54, 1.807) is 6.20 Å². The lowest BCUT2D eigenvalue weighted by Crippen LogP contribution is -2.46. The molecule has 0 radical (unpaired) electrons. The lowest BCUT2D eigenvalue weighted by Gasteiger charge is -2.35. The maximum absolute atomic E-state index is 6.00. The number of pyridine rings is 1. The standard InChI is InChI=1S/C15H22N6/c1-12-13(10-18-19(12)2)11-20-6-8-21(9-7-20)15-14(16)4-3-5-17-15/h3-5,10H,6-9,11,16H2,1-2H3. The Bertz CT molecular complexity index is 612. The third-order valence-electron chi connectivity index (χ3n) is 4.22. The van der Waals surface area contributed by atoms with Gasteiger partial charge in [-0.3, -0.25) is 9.58 Å². The average Bonchev–Trinajstić information content (AvgIpc) is 2.81. The Morgan fingerprint density at radius 3 is 2.62 bits per heavy atom. The van der Waals surface area contributed by atoms with Crippen LogP contribution >= 0.6 is 0 Å². The monoisotopic (exact) mass is 286 g/mol.